The number of hydrogen-bond acceptors (Lipinski definition) is 13. The summed E-state index contributed by atoms with van der Waals surface area (Å²) in [5.41, 5.74) is 19.9. The summed E-state index contributed by atoms with van der Waals surface area (Å²) in [5.74, 6) is -3.53. The SMILES string of the molecule is C=CCCC1=C2C[C@@H](C)C[C@H](C)[C@H](O)[C@@H](C)/C=C(\C)[C@H](OC(N)=O)[C@@H](C)/C=C\C=C(/C)C(=O)NC(=C(C)C1=O)C2=O.C=CCN.CC1=C2C[C@@H](C)C[C@H](C)[C@H](O)[C@@H](C)/C=C(\C)[C@H](OC(N)=O)[C@@H](C)/C=C\C=C(/C)C(=O)NC(=C(C)C1=O)C2=O. The molecule has 0 radical (unpaired) electrons. The molecule has 0 aromatic heterocycles. The molecular formula is C66H95N5O12. The quantitative estimate of drug-likeness (QED) is 0.0963. The summed E-state index contributed by atoms with van der Waals surface area (Å²) in [7, 11) is 0. The van der Waals surface area contributed by atoms with Gasteiger partial charge in [-0.25, -0.2) is 9.59 Å². The van der Waals surface area contributed by atoms with Crippen LogP contribution in [0.3, 0.4) is 0 Å². The van der Waals surface area contributed by atoms with Gasteiger partial charge in [0, 0.05) is 74.8 Å². The molecule has 0 saturated heterocycles. The maximum absolute atomic E-state index is 13.7. The number of hydrogen-bond donors (Lipinski definition) is 7. The first kappa shape index (κ1) is 72.0. The average molecular weight is 1150 g/mol. The van der Waals surface area contributed by atoms with Crippen LogP contribution in [0.4, 0.5) is 9.59 Å². The highest BCUT2D eigenvalue weighted by Gasteiger charge is 2.36. The van der Waals surface area contributed by atoms with E-state index in [2.05, 4.69) is 23.8 Å². The van der Waals surface area contributed by atoms with E-state index < -0.39 is 48.4 Å². The average Bonchev–Trinajstić information content (AvgIpc) is 3.60. The van der Waals surface area contributed by atoms with Crippen molar-refractivity contribution in [3.8, 4) is 0 Å². The third-order valence-corrected chi connectivity index (χ3v) is 15.6. The number of rotatable bonds is 6. The van der Waals surface area contributed by atoms with Gasteiger partial charge in [-0.3, -0.25) is 28.8 Å². The van der Waals surface area contributed by atoms with Crippen molar-refractivity contribution in [3.05, 3.63) is 141 Å². The fourth-order valence-electron chi connectivity index (χ4n) is 10.9. The number of amides is 4. The predicted molar refractivity (Wildman–Crippen MR) is 326 cm³/mol. The van der Waals surface area contributed by atoms with Gasteiger partial charge in [0.05, 0.1) is 23.6 Å². The number of nitrogens with two attached hydrogens (primary N) is 3. The number of primary amides is 2. The Morgan fingerprint density at radius 3 is 1.33 bits per heavy atom. The Morgan fingerprint density at radius 2 is 0.952 bits per heavy atom. The molecule has 0 saturated carbocycles. The number of ether oxygens (including phenoxy) is 2. The van der Waals surface area contributed by atoms with Gasteiger partial charge in [-0.2, -0.15) is 0 Å². The van der Waals surface area contributed by atoms with E-state index in [-0.39, 0.29) is 93.0 Å². The standard InChI is InChI=1S/C33H46N2O6.C30H42N2O6.C3H7N/c1-9-10-14-25-26-16-18(2)15-21(5)28(36)22(6)17-23(7)31(41-33(34)40)19(3)12-11-13-20(4)32(39)35-27(30(26)38)24(8)29(25)37;1-15-12-18(4)25(33)19(5)14-20(6)28(38-30(31)37)16(2)10-9-11-17(3)29(36)32-24-22(8)26(34)21(7)23(13-15)27(24)35;1-2-3-4/h9,11-13,17-19,21-22,28,31,36H,1,10,14-16H2,2-8H3,(H2,34,40)(H,35,39);9-11,14-16,18-19,25,28,33H,12-13H2,1-8H3,(H2,31,37)(H,32,36);2H,1,3-4H2/b12-11-,20-13+,23-17+;10-9-,17-11+,20-14+;/t18-,19-,21-,22-,28-,31+;15-,16-,18-,19-,25-,28+;/m00./s1. The minimum absolute atomic E-state index is 0.00372. The van der Waals surface area contributed by atoms with E-state index in [1.165, 1.54) is 0 Å². The monoisotopic (exact) mass is 1150 g/mol. The van der Waals surface area contributed by atoms with E-state index in [0.717, 1.165) is 11.1 Å². The Balaban J connectivity index is 0.000000533. The molecule has 4 amide bonds. The van der Waals surface area contributed by atoms with E-state index in [4.69, 9.17) is 26.7 Å². The summed E-state index contributed by atoms with van der Waals surface area (Å²) < 4.78 is 10.8. The van der Waals surface area contributed by atoms with E-state index >= 15 is 0 Å². The molecule has 2 aliphatic carbocycles. The number of carbonyl (C=O) groups is 8. The lowest BCUT2D eigenvalue weighted by Crippen LogP contribution is -2.35. The molecule has 12 atom stereocenters. The fraction of sp³-hybridized carbons (Fsp3) is 0.515. The first-order chi connectivity index (χ1) is 38.7. The van der Waals surface area contributed by atoms with Gasteiger partial charge < -0.3 is 47.5 Å². The summed E-state index contributed by atoms with van der Waals surface area (Å²) in [6, 6.07) is 0. The molecule has 10 N–H and O–H groups in total. The van der Waals surface area contributed by atoms with Crippen LogP contribution >= 0.6 is 0 Å². The summed E-state index contributed by atoms with van der Waals surface area (Å²) in [6.45, 7) is 34.7. The van der Waals surface area contributed by atoms with Crippen LogP contribution in [0, 0.1) is 47.3 Å². The lowest BCUT2D eigenvalue weighted by Gasteiger charge is -2.29. The molecule has 456 valence electrons. The zero-order valence-corrected chi connectivity index (χ0v) is 51.8. The van der Waals surface area contributed by atoms with Crippen molar-refractivity contribution in [2.75, 3.05) is 6.54 Å². The first-order valence-corrected chi connectivity index (χ1v) is 28.7. The smallest absolute Gasteiger partial charge is 0.405 e. The van der Waals surface area contributed by atoms with Crippen LogP contribution in [0.25, 0.3) is 0 Å². The maximum atomic E-state index is 13.7. The summed E-state index contributed by atoms with van der Waals surface area (Å²) in [5, 5.41) is 27.6. The van der Waals surface area contributed by atoms with Crippen LogP contribution in [0.1, 0.15) is 142 Å². The number of aliphatic hydroxyl groups is 2. The molecule has 4 rings (SSSR count). The van der Waals surface area contributed by atoms with Crippen molar-refractivity contribution >= 4 is 47.1 Å². The summed E-state index contributed by atoms with van der Waals surface area (Å²) in [4.78, 5) is 103. The largest absolute Gasteiger partial charge is 0.441 e. The van der Waals surface area contributed by atoms with E-state index in [1.807, 2.05) is 81.4 Å². The normalized spacial score (nSPS) is 32.0. The van der Waals surface area contributed by atoms with Gasteiger partial charge in [0.15, 0.2) is 11.6 Å². The molecule has 0 aromatic rings. The van der Waals surface area contributed by atoms with Crippen LogP contribution < -0.4 is 27.8 Å². The molecule has 2 aliphatic heterocycles. The number of ketones is 4. The second-order valence-electron chi connectivity index (χ2n) is 23.1. The molecule has 0 fully saturated rings. The number of nitrogens with one attached hydrogen (secondary N) is 2. The zero-order chi connectivity index (χ0) is 63.3. The Hall–Kier alpha value is -7.08. The third-order valence-electron chi connectivity index (χ3n) is 15.6. The van der Waals surface area contributed by atoms with Crippen LogP contribution in [0.5, 0.6) is 0 Å². The minimum atomic E-state index is -0.904. The van der Waals surface area contributed by atoms with Gasteiger partial charge in [0.1, 0.15) is 12.2 Å². The second-order valence-corrected chi connectivity index (χ2v) is 23.1. The molecule has 0 aromatic carbocycles. The van der Waals surface area contributed by atoms with Crippen LogP contribution in [0.2, 0.25) is 0 Å². The molecule has 4 aliphatic rings. The van der Waals surface area contributed by atoms with Gasteiger partial charge in [0.25, 0.3) is 11.8 Å². The second kappa shape index (κ2) is 33.9. The number of aliphatic hydroxyl groups excluding tert-OH is 2. The number of Topliss-reactive ketones (excluding diaryl/α,β-unsaturated/α-hetero) is 4. The highest BCUT2D eigenvalue weighted by molar-refractivity contribution is 6.27. The van der Waals surface area contributed by atoms with Crippen molar-refractivity contribution in [2.24, 2.45) is 64.5 Å². The molecular weight excluding hydrogens is 1050 g/mol. The zero-order valence-electron chi connectivity index (χ0n) is 51.8. The lowest BCUT2D eigenvalue weighted by molar-refractivity contribution is -0.120. The highest BCUT2D eigenvalue weighted by Crippen LogP contribution is 2.35. The van der Waals surface area contributed by atoms with Crippen LogP contribution in [-0.2, 0) is 38.2 Å². The molecule has 83 heavy (non-hydrogen) atoms. The van der Waals surface area contributed by atoms with Crippen molar-refractivity contribution in [2.45, 2.75) is 167 Å². The van der Waals surface area contributed by atoms with Crippen LogP contribution in [-0.4, -0.2) is 88.3 Å². The van der Waals surface area contributed by atoms with Crippen molar-refractivity contribution in [1.29, 1.82) is 0 Å². The van der Waals surface area contributed by atoms with Crippen LogP contribution in [0.15, 0.2) is 141 Å². The van der Waals surface area contributed by atoms with Crippen molar-refractivity contribution < 1.29 is 58.0 Å². The fourth-order valence-corrected chi connectivity index (χ4v) is 10.9. The lowest BCUT2D eigenvalue weighted by atomic mass is 9.78. The number of allylic oxidation sites excluding steroid dienone is 11. The Labute approximate surface area is 492 Å². The molecule has 0 unspecified atom stereocenters. The summed E-state index contributed by atoms with van der Waals surface area (Å²) >= 11 is 0. The van der Waals surface area contributed by atoms with Crippen molar-refractivity contribution in [1.82, 2.24) is 10.6 Å². The Morgan fingerprint density at radius 1 is 0.578 bits per heavy atom. The van der Waals surface area contributed by atoms with E-state index in [1.54, 1.807) is 83.2 Å². The molecule has 17 nitrogen and oxygen atoms in total. The van der Waals surface area contributed by atoms with E-state index in [0.29, 0.717) is 78.5 Å². The van der Waals surface area contributed by atoms with Gasteiger partial charge in [0.2, 0.25) is 11.6 Å². The molecule has 4 bridgehead atoms. The Kier molecular flexibility index (Phi) is 29.4. The number of fused-ring (bicyclic) bond motifs is 4. The summed E-state index contributed by atoms with van der Waals surface area (Å²) in [6.07, 6.45) is 15.6. The van der Waals surface area contributed by atoms with Crippen molar-refractivity contribution in [3.63, 3.8) is 0 Å². The highest BCUT2D eigenvalue weighted by atomic mass is 16.6. The number of carbonyl (C=O) groups excluding carboxylic acids is 8. The molecule has 2 heterocycles. The molecule has 0 spiro atoms. The first-order valence-electron chi connectivity index (χ1n) is 28.7. The Bertz CT molecular complexity index is 2800. The third kappa shape index (κ3) is 20.9. The molecule has 17 heteroatoms. The topological polar surface area (TPSA) is 298 Å². The van der Waals surface area contributed by atoms with Gasteiger partial charge >= 0.3 is 12.2 Å². The predicted octanol–water partition coefficient (Wildman–Crippen LogP) is 9.99. The van der Waals surface area contributed by atoms with E-state index in [9.17, 15) is 48.6 Å². The minimum Gasteiger partial charge on any atom is -0.441 e. The van der Waals surface area contributed by atoms with Gasteiger partial charge in [-0.1, -0.05) is 116 Å². The maximum Gasteiger partial charge on any atom is 0.405 e. The van der Waals surface area contributed by atoms with Gasteiger partial charge in [-0.05, 0) is 122 Å². The van der Waals surface area contributed by atoms with Gasteiger partial charge in [-0.15, -0.1) is 13.2 Å².